The highest BCUT2D eigenvalue weighted by Crippen LogP contribution is 2.34. The molecule has 1 saturated heterocycles. The minimum absolute atomic E-state index is 0.250. The van der Waals surface area contributed by atoms with Crippen molar-refractivity contribution in [3.63, 3.8) is 0 Å². The van der Waals surface area contributed by atoms with E-state index >= 15 is 0 Å². The van der Waals surface area contributed by atoms with E-state index in [-0.39, 0.29) is 5.82 Å². The molecule has 2 heterocycles. The smallest absolute Gasteiger partial charge is 0.142 e. The van der Waals surface area contributed by atoms with Gasteiger partial charge in [-0.05, 0) is 48.9 Å². The standard InChI is InChI=1S/C13H15FN2/c14-12-5-11(7-15-8-12)10-2-1-9-3-4-16-13(9)6-10/h5-9,13,16H,1-4H2. The van der Waals surface area contributed by atoms with Crippen molar-refractivity contribution in [2.75, 3.05) is 6.54 Å². The highest BCUT2D eigenvalue weighted by molar-refractivity contribution is 5.66. The van der Waals surface area contributed by atoms with Gasteiger partial charge in [0.1, 0.15) is 5.82 Å². The predicted molar refractivity (Wildman–Crippen MR) is 61.3 cm³/mol. The van der Waals surface area contributed by atoms with Gasteiger partial charge in [-0.25, -0.2) is 4.39 Å². The average Bonchev–Trinajstić information content (AvgIpc) is 2.75. The Morgan fingerprint density at radius 3 is 3.12 bits per heavy atom. The van der Waals surface area contributed by atoms with Crippen molar-refractivity contribution in [3.8, 4) is 0 Å². The molecule has 0 amide bonds. The van der Waals surface area contributed by atoms with E-state index < -0.39 is 0 Å². The molecule has 0 bridgehead atoms. The lowest BCUT2D eigenvalue weighted by molar-refractivity contribution is 0.465. The molecule has 1 aromatic rings. The first-order valence-corrected chi connectivity index (χ1v) is 5.88. The quantitative estimate of drug-likeness (QED) is 0.782. The first-order chi connectivity index (χ1) is 7.83. The second kappa shape index (κ2) is 3.98. The molecule has 0 aromatic carbocycles. The maximum Gasteiger partial charge on any atom is 0.142 e. The lowest BCUT2D eigenvalue weighted by Crippen LogP contribution is -2.27. The molecule has 1 aromatic heterocycles. The first kappa shape index (κ1) is 9.97. The predicted octanol–water partition coefficient (Wildman–Crippen LogP) is 2.38. The van der Waals surface area contributed by atoms with E-state index in [4.69, 9.17) is 0 Å². The molecular formula is C13H15FN2. The second-order valence-corrected chi connectivity index (χ2v) is 4.65. The summed E-state index contributed by atoms with van der Waals surface area (Å²) in [5, 5.41) is 3.48. The van der Waals surface area contributed by atoms with Gasteiger partial charge in [0.2, 0.25) is 0 Å². The summed E-state index contributed by atoms with van der Waals surface area (Å²) in [5.41, 5.74) is 2.18. The van der Waals surface area contributed by atoms with Crippen LogP contribution in [-0.4, -0.2) is 17.6 Å². The van der Waals surface area contributed by atoms with E-state index in [9.17, 15) is 4.39 Å². The van der Waals surface area contributed by atoms with Gasteiger partial charge < -0.3 is 5.32 Å². The largest absolute Gasteiger partial charge is 0.310 e. The zero-order chi connectivity index (χ0) is 11.0. The number of nitrogens with zero attached hydrogens (tertiary/aromatic N) is 1. The summed E-state index contributed by atoms with van der Waals surface area (Å²) in [6.07, 6.45) is 8.80. The van der Waals surface area contributed by atoms with E-state index in [1.165, 1.54) is 24.6 Å². The topological polar surface area (TPSA) is 24.9 Å². The summed E-state index contributed by atoms with van der Waals surface area (Å²) < 4.78 is 13.1. The van der Waals surface area contributed by atoms with Gasteiger partial charge in [-0.1, -0.05) is 6.08 Å². The van der Waals surface area contributed by atoms with Crippen LogP contribution in [0.5, 0.6) is 0 Å². The van der Waals surface area contributed by atoms with Crippen molar-refractivity contribution in [2.45, 2.75) is 25.3 Å². The fourth-order valence-corrected chi connectivity index (χ4v) is 2.77. The van der Waals surface area contributed by atoms with E-state index in [2.05, 4.69) is 16.4 Å². The molecule has 1 fully saturated rings. The molecule has 0 saturated carbocycles. The molecule has 2 nitrogen and oxygen atoms in total. The number of halogens is 1. The Morgan fingerprint density at radius 2 is 2.25 bits per heavy atom. The average molecular weight is 218 g/mol. The fraction of sp³-hybridized carbons (Fsp3) is 0.462. The SMILES string of the molecule is Fc1cncc(C2=CC3NCCC3CC2)c1. The third kappa shape index (κ3) is 1.76. The van der Waals surface area contributed by atoms with Crippen LogP contribution in [-0.2, 0) is 0 Å². The van der Waals surface area contributed by atoms with Crippen LogP contribution >= 0.6 is 0 Å². The molecule has 16 heavy (non-hydrogen) atoms. The van der Waals surface area contributed by atoms with Crippen LogP contribution in [0.2, 0.25) is 0 Å². The second-order valence-electron chi connectivity index (χ2n) is 4.65. The number of pyridine rings is 1. The van der Waals surface area contributed by atoms with Crippen molar-refractivity contribution >= 4 is 5.57 Å². The zero-order valence-corrected chi connectivity index (χ0v) is 9.12. The van der Waals surface area contributed by atoms with Crippen LogP contribution in [0.1, 0.15) is 24.8 Å². The van der Waals surface area contributed by atoms with Crippen molar-refractivity contribution in [1.82, 2.24) is 10.3 Å². The van der Waals surface area contributed by atoms with Gasteiger partial charge in [0.15, 0.2) is 0 Å². The number of rotatable bonds is 1. The van der Waals surface area contributed by atoms with Gasteiger partial charge >= 0.3 is 0 Å². The number of hydrogen-bond acceptors (Lipinski definition) is 2. The Kier molecular flexibility index (Phi) is 2.48. The van der Waals surface area contributed by atoms with Gasteiger partial charge in [0.05, 0.1) is 6.20 Å². The molecular weight excluding hydrogens is 203 g/mol. The van der Waals surface area contributed by atoms with Gasteiger partial charge in [-0.3, -0.25) is 4.98 Å². The Hall–Kier alpha value is -1.22. The van der Waals surface area contributed by atoms with Gasteiger partial charge in [-0.15, -0.1) is 0 Å². The highest BCUT2D eigenvalue weighted by Gasteiger charge is 2.28. The van der Waals surface area contributed by atoms with Crippen molar-refractivity contribution in [2.24, 2.45) is 5.92 Å². The Morgan fingerprint density at radius 1 is 1.31 bits per heavy atom. The van der Waals surface area contributed by atoms with Crippen LogP contribution in [0.25, 0.3) is 5.57 Å². The van der Waals surface area contributed by atoms with E-state index in [1.807, 2.05) is 0 Å². The van der Waals surface area contributed by atoms with Crippen LogP contribution < -0.4 is 5.32 Å². The van der Waals surface area contributed by atoms with Gasteiger partial charge in [0.25, 0.3) is 0 Å². The monoisotopic (exact) mass is 218 g/mol. The van der Waals surface area contributed by atoms with Crippen LogP contribution in [0.4, 0.5) is 4.39 Å². The molecule has 2 atom stereocenters. The molecule has 0 radical (unpaired) electrons. The Balaban J connectivity index is 1.90. The molecule has 84 valence electrons. The maximum atomic E-state index is 13.1. The molecule has 1 N–H and O–H groups in total. The van der Waals surface area contributed by atoms with Crippen molar-refractivity contribution < 1.29 is 4.39 Å². The van der Waals surface area contributed by atoms with E-state index in [0.29, 0.717) is 6.04 Å². The highest BCUT2D eigenvalue weighted by atomic mass is 19.1. The van der Waals surface area contributed by atoms with Crippen LogP contribution in [0, 0.1) is 11.7 Å². The summed E-state index contributed by atoms with van der Waals surface area (Å²) in [6, 6.07) is 2.07. The van der Waals surface area contributed by atoms with E-state index in [1.54, 1.807) is 12.3 Å². The lowest BCUT2D eigenvalue weighted by Gasteiger charge is -2.24. The minimum atomic E-state index is -0.250. The van der Waals surface area contributed by atoms with Gasteiger partial charge in [-0.2, -0.15) is 0 Å². The molecule has 3 rings (SSSR count). The molecule has 1 aliphatic carbocycles. The maximum absolute atomic E-state index is 13.1. The van der Waals surface area contributed by atoms with Crippen LogP contribution in [0.15, 0.2) is 24.5 Å². The van der Waals surface area contributed by atoms with Gasteiger partial charge in [0, 0.05) is 12.2 Å². The third-order valence-corrected chi connectivity index (χ3v) is 3.64. The van der Waals surface area contributed by atoms with Crippen molar-refractivity contribution in [3.05, 3.63) is 35.9 Å². The number of hydrogen-bond donors (Lipinski definition) is 1. The molecule has 2 unspecified atom stereocenters. The number of aromatic nitrogens is 1. The van der Waals surface area contributed by atoms with Crippen molar-refractivity contribution in [1.29, 1.82) is 0 Å². The molecule has 2 aliphatic rings. The summed E-state index contributed by atoms with van der Waals surface area (Å²) in [5.74, 6) is 0.533. The molecule has 3 heteroatoms. The number of nitrogens with one attached hydrogen (secondary N) is 1. The summed E-state index contributed by atoms with van der Waals surface area (Å²) in [7, 11) is 0. The summed E-state index contributed by atoms with van der Waals surface area (Å²) in [6.45, 7) is 1.11. The fourth-order valence-electron chi connectivity index (χ4n) is 2.77. The molecule has 1 aliphatic heterocycles. The van der Waals surface area contributed by atoms with Crippen LogP contribution in [0.3, 0.4) is 0 Å². The number of allylic oxidation sites excluding steroid dienone is 1. The normalized spacial score (nSPS) is 28.7. The van der Waals surface area contributed by atoms with E-state index in [0.717, 1.165) is 24.4 Å². The molecule has 0 spiro atoms. The Bertz CT molecular complexity index is 428. The minimum Gasteiger partial charge on any atom is -0.310 e. The Labute approximate surface area is 94.6 Å². The number of fused-ring (bicyclic) bond motifs is 1. The lowest BCUT2D eigenvalue weighted by atomic mass is 9.84. The summed E-state index contributed by atoms with van der Waals surface area (Å²) >= 11 is 0. The first-order valence-electron chi connectivity index (χ1n) is 5.88. The third-order valence-electron chi connectivity index (χ3n) is 3.64. The zero-order valence-electron chi connectivity index (χ0n) is 9.12. The summed E-state index contributed by atoms with van der Waals surface area (Å²) in [4.78, 5) is 3.91.